The van der Waals surface area contributed by atoms with Crippen LogP contribution in [0, 0.1) is 5.92 Å². The van der Waals surface area contributed by atoms with Crippen molar-refractivity contribution < 1.29 is 13.2 Å². The number of benzene rings is 2. The lowest BCUT2D eigenvalue weighted by atomic mass is 9.99. The van der Waals surface area contributed by atoms with Crippen LogP contribution in [0.25, 0.3) is 0 Å². The van der Waals surface area contributed by atoms with Crippen molar-refractivity contribution in [1.29, 1.82) is 0 Å². The monoisotopic (exact) mass is 412 g/mol. The maximum absolute atomic E-state index is 12.8. The number of hydrogen-bond acceptors (Lipinski definition) is 3. The summed E-state index contributed by atoms with van der Waals surface area (Å²) in [6.07, 6.45) is 1.25. The Morgan fingerprint density at radius 2 is 1.73 bits per heavy atom. The van der Waals surface area contributed by atoms with Crippen LogP contribution in [0.5, 0.6) is 0 Å². The third-order valence-corrected chi connectivity index (χ3v) is 6.58. The highest BCUT2D eigenvalue weighted by atomic mass is 35.5. The summed E-state index contributed by atoms with van der Waals surface area (Å²) in [7, 11) is -3.60. The number of nitrogens with zero attached hydrogens (tertiary/aromatic N) is 1. The van der Waals surface area contributed by atoms with E-state index >= 15 is 0 Å². The van der Waals surface area contributed by atoms with Crippen molar-refractivity contribution in [2.24, 2.45) is 5.92 Å². The Balaban J connectivity index is 1.73. The van der Waals surface area contributed by atoms with Crippen LogP contribution in [0.1, 0.15) is 12.8 Å². The van der Waals surface area contributed by atoms with Crippen molar-refractivity contribution in [2.45, 2.75) is 17.7 Å². The highest BCUT2D eigenvalue weighted by Crippen LogP contribution is 2.26. The molecule has 0 saturated carbocycles. The predicted octanol–water partition coefficient (Wildman–Crippen LogP) is 4.03. The first kappa shape index (κ1) is 19.2. The van der Waals surface area contributed by atoms with Gasteiger partial charge >= 0.3 is 0 Å². The van der Waals surface area contributed by atoms with Gasteiger partial charge < -0.3 is 5.32 Å². The number of amides is 1. The topological polar surface area (TPSA) is 66.5 Å². The molecule has 1 saturated heterocycles. The number of carbonyl (C=O) groups excluding carboxylic acids is 1. The minimum atomic E-state index is -3.60. The Kier molecular flexibility index (Phi) is 5.87. The predicted molar refractivity (Wildman–Crippen MR) is 103 cm³/mol. The second kappa shape index (κ2) is 7.96. The zero-order valence-electron chi connectivity index (χ0n) is 13.9. The molecule has 0 spiro atoms. The summed E-state index contributed by atoms with van der Waals surface area (Å²) in [5.74, 6) is -0.670. The van der Waals surface area contributed by atoms with Crippen molar-refractivity contribution in [3.63, 3.8) is 0 Å². The minimum absolute atomic E-state index is 0.150. The molecule has 0 aromatic heterocycles. The Labute approximate surface area is 163 Å². The Bertz CT molecular complexity index is 884. The fraction of sp³-hybridized carbons (Fsp3) is 0.278. The number of anilines is 1. The molecule has 2 aromatic rings. The number of nitrogens with one attached hydrogen (secondary N) is 1. The first-order valence-electron chi connectivity index (χ1n) is 8.18. The van der Waals surface area contributed by atoms with E-state index in [0.29, 0.717) is 35.1 Å². The molecule has 1 fully saturated rings. The van der Waals surface area contributed by atoms with Gasteiger partial charge in [-0.1, -0.05) is 41.4 Å². The maximum atomic E-state index is 12.8. The van der Waals surface area contributed by atoms with Crippen molar-refractivity contribution in [2.75, 3.05) is 18.4 Å². The number of sulfonamides is 1. The molecule has 1 amide bonds. The highest BCUT2D eigenvalue weighted by Gasteiger charge is 2.33. The average molecular weight is 413 g/mol. The molecule has 0 bridgehead atoms. The Hall–Kier alpha value is -1.60. The lowest BCUT2D eigenvalue weighted by molar-refractivity contribution is -0.120. The van der Waals surface area contributed by atoms with Gasteiger partial charge in [0.2, 0.25) is 15.9 Å². The Morgan fingerprint density at radius 3 is 2.38 bits per heavy atom. The number of piperidine rings is 1. The van der Waals surface area contributed by atoms with E-state index in [1.54, 1.807) is 48.5 Å². The molecule has 0 unspecified atom stereocenters. The van der Waals surface area contributed by atoms with Crippen LogP contribution in [0.3, 0.4) is 0 Å². The third-order valence-electron chi connectivity index (χ3n) is 4.27. The van der Waals surface area contributed by atoms with Crippen molar-refractivity contribution in [1.82, 2.24) is 4.31 Å². The quantitative estimate of drug-likeness (QED) is 0.823. The molecule has 2 aromatic carbocycles. The summed E-state index contributed by atoms with van der Waals surface area (Å²) in [5, 5.41) is 3.62. The average Bonchev–Trinajstić information content (AvgIpc) is 2.61. The van der Waals surface area contributed by atoms with Gasteiger partial charge in [0, 0.05) is 28.8 Å². The first-order valence-corrected chi connectivity index (χ1v) is 10.4. The van der Waals surface area contributed by atoms with E-state index in [1.807, 2.05) is 0 Å². The van der Waals surface area contributed by atoms with Gasteiger partial charge in [0.25, 0.3) is 0 Å². The van der Waals surface area contributed by atoms with Gasteiger partial charge in [0.15, 0.2) is 0 Å². The smallest absolute Gasteiger partial charge is 0.243 e. The molecule has 3 rings (SSSR count). The van der Waals surface area contributed by atoms with Gasteiger partial charge in [-0.25, -0.2) is 8.42 Å². The number of halogens is 2. The molecule has 1 aliphatic rings. The third kappa shape index (κ3) is 4.38. The van der Waals surface area contributed by atoms with Crippen LogP contribution in [-0.4, -0.2) is 31.7 Å². The second-order valence-corrected chi connectivity index (χ2v) is 8.97. The van der Waals surface area contributed by atoms with E-state index in [-0.39, 0.29) is 17.3 Å². The summed E-state index contributed by atoms with van der Waals surface area (Å²) in [4.78, 5) is 12.8. The zero-order valence-corrected chi connectivity index (χ0v) is 16.2. The van der Waals surface area contributed by atoms with Gasteiger partial charge in [0.05, 0.1) is 10.8 Å². The molecule has 8 heteroatoms. The van der Waals surface area contributed by atoms with E-state index in [9.17, 15) is 13.2 Å². The SMILES string of the molecule is O=C(Nc1cc(Cl)cc(Cl)c1)[C@@H]1CCCN(S(=O)(=O)c2ccccc2)C1. The lowest BCUT2D eigenvalue weighted by Crippen LogP contribution is -2.43. The molecule has 1 N–H and O–H groups in total. The summed E-state index contributed by atoms with van der Waals surface area (Å²) in [6, 6.07) is 13.0. The van der Waals surface area contributed by atoms with Crippen LogP contribution in [0.15, 0.2) is 53.4 Å². The van der Waals surface area contributed by atoms with E-state index in [1.165, 1.54) is 4.31 Å². The summed E-state index contributed by atoms with van der Waals surface area (Å²) < 4.78 is 26.9. The molecule has 138 valence electrons. The molecule has 1 heterocycles. The maximum Gasteiger partial charge on any atom is 0.243 e. The van der Waals surface area contributed by atoms with Crippen LogP contribution in [0.4, 0.5) is 5.69 Å². The molecule has 1 aliphatic heterocycles. The molecule has 26 heavy (non-hydrogen) atoms. The van der Waals surface area contributed by atoms with E-state index in [4.69, 9.17) is 23.2 Å². The standard InChI is InChI=1S/C18H18Cl2N2O3S/c19-14-9-15(20)11-16(10-14)21-18(23)13-5-4-8-22(12-13)26(24,25)17-6-2-1-3-7-17/h1-3,6-7,9-11,13H,4-5,8,12H2,(H,21,23)/t13-/m1/s1. The van der Waals surface area contributed by atoms with Gasteiger partial charge in [-0.15, -0.1) is 0 Å². The van der Waals surface area contributed by atoms with Crippen molar-refractivity contribution >= 4 is 44.8 Å². The van der Waals surface area contributed by atoms with Crippen molar-refractivity contribution in [3.8, 4) is 0 Å². The number of rotatable bonds is 4. The van der Waals surface area contributed by atoms with Gasteiger partial charge in [-0.2, -0.15) is 4.31 Å². The number of hydrogen-bond donors (Lipinski definition) is 1. The normalized spacial score (nSPS) is 18.5. The van der Waals surface area contributed by atoms with E-state index < -0.39 is 15.9 Å². The fourth-order valence-corrected chi connectivity index (χ4v) is 5.06. The van der Waals surface area contributed by atoms with Gasteiger partial charge in [0.1, 0.15) is 0 Å². The van der Waals surface area contributed by atoms with Gasteiger partial charge in [-0.3, -0.25) is 4.79 Å². The van der Waals surface area contributed by atoms with Crippen molar-refractivity contribution in [3.05, 3.63) is 58.6 Å². The molecular formula is C18H18Cl2N2O3S. The zero-order chi connectivity index (χ0) is 18.7. The van der Waals surface area contributed by atoms with E-state index in [2.05, 4.69) is 5.32 Å². The van der Waals surface area contributed by atoms with Gasteiger partial charge in [-0.05, 0) is 43.2 Å². The summed E-state index contributed by atoms with van der Waals surface area (Å²) >= 11 is 11.9. The highest BCUT2D eigenvalue weighted by molar-refractivity contribution is 7.89. The minimum Gasteiger partial charge on any atom is -0.326 e. The second-order valence-electron chi connectivity index (χ2n) is 6.16. The van der Waals surface area contributed by atoms with E-state index in [0.717, 1.165) is 0 Å². The summed E-state index contributed by atoms with van der Waals surface area (Å²) in [6.45, 7) is 0.557. The molecule has 5 nitrogen and oxygen atoms in total. The number of carbonyl (C=O) groups is 1. The summed E-state index contributed by atoms with van der Waals surface area (Å²) in [5.41, 5.74) is 0.496. The largest absolute Gasteiger partial charge is 0.326 e. The fourth-order valence-electron chi connectivity index (χ4n) is 2.99. The van der Waals surface area contributed by atoms with Crippen LogP contribution >= 0.6 is 23.2 Å². The lowest BCUT2D eigenvalue weighted by Gasteiger charge is -2.31. The van der Waals surface area contributed by atoms with Crippen LogP contribution in [-0.2, 0) is 14.8 Å². The molecular weight excluding hydrogens is 395 g/mol. The Morgan fingerprint density at radius 1 is 1.08 bits per heavy atom. The first-order chi connectivity index (χ1) is 12.4. The van der Waals surface area contributed by atoms with Crippen LogP contribution in [0.2, 0.25) is 10.0 Å². The molecule has 0 radical (unpaired) electrons. The molecule has 0 aliphatic carbocycles. The van der Waals surface area contributed by atoms with Crippen LogP contribution < -0.4 is 5.32 Å². The molecule has 1 atom stereocenters.